The van der Waals surface area contributed by atoms with E-state index in [0.717, 1.165) is 10.9 Å². The normalized spacial score (nSPS) is 11.8. The third kappa shape index (κ3) is 2.15. The molecule has 0 aliphatic heterocycles. The summed E-state index contributed by atoms with van der Waals surface area (Å²) in [6.07, 6.45) is 4.98. The van der Waals surface area contributed by atoms with Crippen LogP contribution < -0.4 is 0 Å². The van der Waals surface area contributed by atoms with Crippen LogP contribution in [0.4, 0.5) is 0 Å². The molecule has 4 rings (SSSR count). The Morgan fingerprint density at radius 2 is 1.70 bits per heavy atom. The molecule has 0 spiro atoms. The highest BCUT2D eigenvalue weighted by Gasteiger charge is 2.21. The van der Waals surface area contributed by atoms with Crippen LogP contribution in [0.1, 0.15) is 0 Å². The maximum absolute atomic E-state index is 13.0. The van der Waals surface area contributed by atoms with E-state index in [1.807, 2.05) is 18.2 Å². The van der Waals surface area contributed by atoms with E-state index in [0.29, 0.717) is 11.3 Å². The van der Waals surface area contributed by atoms with E-state index in [1.54, 1.807) is 55.0 Å². The minimum absolute atomic E-state index is 0.256. The van der Waals surface area contributed by atoms with Crippen LogP contribution in [-0.4, -0.2) is 22.4 Å². The third-order valence-electron chi connectivity index (χ3n) is 3.73. The first kappa shape index (κ1) is 13.8. The minimum Gasteiger partial charge on any atom is -0.345 e. The van der Waals surface area contributed by atoms with Gasteiger partial charge in [0.05, 0.1) is 10.4 Å². The summed E-state index contributed by atoms with van der Waals surface area (Å²) >= 11 is 0. The highest BCUT2D eigenvalue weighted by atomic mass is 32.2. The summed E-state index contributed by atoms with van der Waals surface area (Å²) in [7, 11) is -3.66. The molecule has 4 aromatic rings. The summed E-state index contributed by atoms with van der Waals surface area (Å²) < 4.78 is 27.2. The zero-order valence-electron chi connectivity index (χ0n) is 12.0. The van der Waals surface area contributed by atoms with Crippen LogP contribution in [0, 0.1) is 0 Å². The van der Waals surface area contributed by atoms with Gasteiger partial charge in [0, 0.05) is 29.5 Å². The fourth-order valence-electron chi connectivity index (χ4n) is 2.66. The Morgan fingerprint density at radius 1 is 0.957 bits per heavy atom. The molecule has 0 atom stereocenters. The second kappa shape index (κ2) is 5.10. The maximum Gasteiger partial charge on any atom is 0.268 e. The summed E-state index contributed by atoms with van der Waals surface area (Å²) in [6.45, 7) is 0. The number of rotatable bonds is 3. The van der Waals surface area contributed by atoms with Gasteiger partial charge >= 0.3 is 0 Å². The number of para-hydroxylation sites is 1. The molecule has 114 valence electrons. The molecule has 0 saturated heterocycles. The van der Waals surface area contributed by atoms with Crippen LogP contribution in [0.25, 0.3) is 22.3 Å². The summed E-state index contributed by atoms with van der Waals surface area (Å²) in [5.74, 6) is 0.642. The molecule has 0 aliphatic carbocycles. The largest absolute Gasteiger partial charge is 0.345 e. The first-order valence-corrected chi connectivity index (χ1v) is 8.52. The molecule has 1 N–H and O–H groups in total. The number of hydrogen-bond donors (Lipinski definition) is 1. The van der Waals surface area contributed by atoms with E-state index in [4.69, 9.17) is 0 Å². The first-order valence-electron chi connectivity index (χ1n) is 7.08. The van der Waals surface area contributed by atoms with Gasteiger partial charge in [-0.2, -0.15) is 0 Å². The van der Waals surface area contributed by atoms with Crippen molar-refractivity contribution in [2.45, 2.75) is 4.90 Å². The average molecular weight is 323 g/mol. The predicted octanol–water partition coefficient (Wildman–Crippen LogP) is 3.27. The van der Waals surface area contributed by atoms with Gasteiger partial charge in [-0.1, -0.05) is 36.4 Å². The summed E-state index contributed by atoms with van der Waals surface area (Å²) in [6, 6.07) is 15.8. The van der Waals surface area contributed by atoms with Crippen LogP contribution in [0.5, 0.6) is 0 Å². The van der Waals surface area contributed by atoms with Gasteiger partial charge in [-0.3, -0.25) is 0 Å². The molecular weight excluding hydrogens is 310 g/mol. The van der Waals surface area contributed by atoms with E-state index < -0.39 is 10.0 Å². The smallest absolute Gasteiger partial charge is 0.268 e. The van der Waals surface area contributed by atoms with Crippen LogP contribution in [0.3, 0.4) is 0 Å². The quantitative estimate of drug-likeness (QED) is 0.629. The van der Waals surface area contributed by atoms with Gasteiger partial charge in [0.1, 0.15) is 5.82 Å². The zero-order chi connectivity index (χ0) is 15.9. The number of nitrogens with zero attached hydrogens (tertiary/aromatic N) is 2. The third-order valence-corrected chi connectivity index (χ3v) is 5.42. The Hall–Kier alpha value is -2.86. The minimum atomic E-state index is -3.66. The topological polar surface area (TPSA) is 67.8 Å². The number of hydrogen-bond acceptors (Lipinski definition) is 3. The van der Waals surface area contributed by atoms with Gasteiger partial charge < -0.3 is 4.98 Å². The number of aromatic amines is 1. The molecule has 0 fully saturated rings. The fourth-order valence-corrected chi connectivity index (χ4v) is 4.05. The van der Waals surface area contributed by atoms with Gasteiger partial charge in [-0.25, -0.2) is 17.4 Å². The van der Waals surface area contributed by atoms with E-state index >= 15 is 0 Å². The van der Waals surface area contributed by atoms with E-state index in [-0.39, 0.29) is 4.90 Å². The van der Waals surface area contributed by atoms with Crippen LogP contribution in [-0.2, 0) is 10.0 Å². The molecule has 6 heteroatoms. The molecule has 2 aromatic carbocycles. The number of nitrogens with one attached hydrogen (secondary N) is 1. The van der Waals surface area contributed by atoms with Crippen molar-refractivity contribution in [2.24, 2.45) is 0 Å². The molecular formula is C17H13N3O2S. The van der Waals surface area contributed by atoms with E-state index in [2.05, 4.69) is 9.97 Å². The van der Waals surface area contributed by atoms with Crippen molar-refractivity contribution in [3.63, 3.8) is 0 Å². The fraction of sp³-hybridized carbons (Fsp3) is 0. The Kier molecular flexibility index (Phi) is 3.06. The lowest BCUT2D eigenvalue weighted by molar-refractivity contribution is 0.589. The molecule has 0 unspecified atom stereocenters. The number of fused-ring (bicyclic) bond motifs is 1. The average Bonchev–Trinajstić information content (AvgIpc) is 3.23. The van der Waals surface area contributed by atoms with Gasteiger partial charge in [-0.15, -0.1) is 0 Å². The molecule has 2 heterocycles. The van der Waals surface area contributed by atoms with Crippen molar-refractivity contribution in [3.8, 4) is 11.4 Å². The second-order valence-corrected chi connectivity index (χ2v) is 6.93. The standard InChI is InChI=1S/C17H13N3O2S/c21-23(22,13-6-2-1-3-7-13)20-12-15(17-18-10-11-19-17)14-8-4-5-9-16(14)20/h1-12H,(H,18,19). The van der Waals surface area contributed by atoms with Crippen molar-refractivity contribution in [1.29, 1.82) is 0 Å². The summed E-state index contributed by atoms with van der Waals surface area (Å²) in [4.78, 5) is 7.53. The Labute approximate surface area is 133 Å². The number of aromatic nitrogens is 3. The molecule has 5 nitrogen and oxygen atoms in total. The zero-order valence-corrected chi connectivity index (χ0v) is 12.9. The van der Waals surface area contributed by atoms with Crippen molar-refractivity contribution in [2.75, 3.05) is 0 Å². The Balaban J connectivity index is 2.02. The SMILES string of the molecule is O=S(=O)(c1ccccc1)n1cc(-c2ncc[nH]2)c2ccccc21. The molecule has 0 saturated carbocycles. The van der Waals surface area contributed by atoms with Gasteiger partial charge in [0.2, 0.25) is 0 Å². The molecule has 2 aromatic heterocycles. The lowest BCUT2D eigenvalue weighted by Crippen LogP contribution is -2.11. The van der Waals surface area contributed by atoms with Gasteiger partial charge in [0.15, 0.2) is 0 Å². The Morgan fingerprint density at radius 3 is 2.43 bits per heavy atom. The van der Waals surface area contributed by atoms with Crippen LogP contribution in [0.15, 0.2) is 78.1 Å². The van der Waals surface area contributed by atoms with E-state index in [1.165, 1.54) is 3.97 Å². The van der Waals surface area contributed by atoms with Crippen molar-refractivity contribution >= 4 is 20.9 Å². The van der Waals surface area contributed by atoms with Gasteiger partial charge in [0.25, 0.3) is 10.0 Å². The monoisotopic (exact) mass is 323 g/mol. The summed E-state index contributed by atoms with van der Waals surface area (Å²) in [5, 5.41) is 0.835. The second-order valence-electron chi connectivity index (χ2n) is 5.11. The van der Waals surface area contributed by atoms with Crippen molar-refractivity contribution in [1.82, 2.24) is 13.9 Å². The first-order chi connectivity index (χ1) is 11.2. The summed E-state index contributed by atoms with van der Waals surface area (Å²) in [5.41, 5.74) is 1.38. The number of H-pyrrole nitrogens is 1. The van der Waals surface area contributed by atoms with Crippen LogP contribution in [0.2, 0.25) is 0 Å². The van der Waals surface area contributed by atoms with E-state index in [9.17, 15) is 8.42 Å². The highest BCUT2D eigenvalue weighted by Crippen LogP contribution is 2.31. The van der Waals surface area contributed by atoms with Crippen molar-refractivity contribution < 1.29 is 8.42 Å². The van der Waals surface area contributed by atoms with Crippen molar-refractivity contribution in [3.05, 3.63) is 73.2 Å². The van der Waals surface area contributed by atoms with Crippen LogP contribution >= 0.6 is 0 Å². The lowest BCUT2D eigenvalue weighted by atomic mass is 10.2. The molecule has 0 radical (unpaired) electrons. The lowest BCUT2D eigenvalue weighted by Gasteiger charge is -2.07. The molecule has 23 heavy (non-hydrogen) atoms. The Bertz CT molecular complexity index is 1070. The predicted molar refractivity (Wildman–Crippen MR) is 88.5 cm³/mol. The number of imidazole rings is 1. The number of benzene rings is 2. The maximum atomic E-state index is 13.0. The molecule has 0 aliphatic rings. The molecule has 0 amide bonds. The molecule has 0 bridgehead atoms. The highest BCUT2D eigenvalue weighted by molar-refractivity contribution is 7.90. The van der Waals surface area contributed by atoms with Gasteiger partial charge in [-0.05, 0) is 18.2 Å².